The van der Waals surface area contributed by atoms with E-state index >= 15 is 0 Å². The van der Waals surface area contributed by atoms with Gasteiger partial charge in [0.1, 0.15) is 18.1 Å². The summed E-state index contributed by atoms with van der Waals surface area (Å²) < 4.78 is 51.9. The van der Waals surface area contributed by atoms with Gasteiger partial charge in [-0.3, -0.25) is 17.5 Å². The van der Waals surface area contributed by atoms with Crippen molar-refractivity contribution in [1.82, 2.24) is 12.8 Å². The number of aryl methyl sites for hydroxylation is 2. The fourth-order valence-corrected chi connectivity index (χ4v) is 5.92. The number of rotatable bonds is 12. The van der Waals surface area contributed by atoms with Crippen molar-refractivity contribution >= 4 is 43.2 Å². The first kappa shape index (κ1) is 27.2. The number of hydrogen-bond donors (Lipinski definition) is 0. The number of ether oxygens (including phenoxy) is 2. The third-order valence-corrected chi connectivity index (χ3v) is 7.99. The second-order valence-corrected chi connectivity index (χ2v) is 11.1. The highest BCUT2D eigenvalue weighted by molar-refractivity contribution is 7.14. The Labute approximate surface area is 219 Å². The zero-order valence-electron chi connectivity index (χ0n) is 20.5. The minimum Gasteiger partial charge on any atom is -0.492 e. The number of unbranched alkanes of at least 4 members (excludes halogenated alkanes) is 3. The number of nitrogens with zero attached hydrogens (tertiary/aromatic N) is 3. The summed E-state index contributed by atoms with van der Waals surface area (Å²) in [7, 11) is 3.95. The Morgan fingerprint density at radius 2 is 1.32 bits per heavy atom. The molecule has 0 radical (unpaired) electrons. The van der Waals surface area contributed by atoms with E-state index < -0.39 is 12.1 Å². The lowest BCUT2D eigenvalue weighted by atomic mass is 10.2. The minimum absolute atomic E-state index is 0.0104. The van der Waals surface area contributed by atoms with Crippen molar-refractivity contribution < 1.29 is 22.6 Å². The molecule has 0 fully saturated rings. The fourth-order valence-electron chi connectivity index (χ4n) is 3.89. The molecule has 0 saturated heterocycles. The van der Waals surface area contributed by atoms with E-state index in [9.17, 15) is 22.8 Å². The van der Waals surface area contributed by atoms with Crippen molar-refractivity contribution in [2.75, 3.05) is 27.2 Å². The predicted octanol–water partition coefficient (Wildman–Crippen LogP) is 5.54. The van der Waals surface area contributed by atoms with Gasteiger partial charge in [0.15, 0.2) is 0 Å². The Morgan fingerprint density at radius 1 is 0.811 bits per heavy atom. The summed E-state index contributed by atoms with van der Waals surface area (Å²) in [6.07, 6.45) is -1.45. The third kappa shape index (κ3) is 7.14. The zero-order valence-corrected chi connectivity index (χ0v) is 22.2. The van der Waals surface area contributed by atoms with Crippen LogP contribution in [0, 0.1) is 0 Å². The Bertz CT molecular complexity index is 1470. The van der Waals surface area contributed by atoms with E-state index in [4.69, 9.17) is 4.74 Å². The first-order valence-corrected chi connectivity index (χ1v) is 13.5. The molecule has 0 amide bonds. The van der Waals surface area contributed by atoms with Gasteiger partial charge in [0.25, 0.3) is 11.1 Å². The molecule has 0 saturated carbocycles. The Hall–Kier alpha value is -2.83. The molecule has 0 spiro atoms. The quantitative estimate of drug-likeness (QED) is 0.215. The molecule has 0 aliphatic rings. The molecule has 7 nitrogen and oxygen atoms in total. The van der Waals surface area contributed by atoms with Crippen molar-refractivity contribution in [3.05, 3.63) is 57.1 Å². The van der Waals surface area contributed by atoms with Gasteiger partial charge in [0.2, 0.25) is 0 Å². The number of hydrogen-bond acceptors (Lipinski definition) is 7. The molecular formula is C25H28F3N3O4S2. The van der Waals surface area contributed by atoms with Crippen LogP contribution in [0.2, 0.25) is 0 Å². The van der Waals surface area contributed by atoms with Crippen molar-refractivity contribution in [3.8, 4) is 11.5 Å². The van der Waals surface area contributed by atoms with Crippen LogP contribution >= 0.6 is 23.1 Å². The summed E-state index contributed by atoms with van der Waals surface area (Å²) in [5.41, 5.74) is -0.321. The lowest BCUT2D eigenvalue weighted by Gasteiger charge is -2.10. The molecule has 0 unspecified atom stereocenters. The van der Waals surface area contributed by atoms with Crippen LogP contribution in [0.5, 0.6) is 11.5 Å². The summed E-state index contributed by atoms with van der Waals surface area (Å²) in [6.45, 7) is 2.46. The largest absolute Gasteiger partial charge is 0.573 e. The summed E-state index contributed by atoms with van der Waals surface area (Å²) in [6, 6.07) is 9.44. The summed E-state index contributed by atoms with van der Waals surface area (Å²) in [5.74, 6) is 0.295. The highest BCUT2D eigenvalue weighted by atomic mass is 32.1. The van der Waals surface area contributed by atoms with Crippen LogP contribution in [-0.4, -0.2) is 46.4 Å². The molecule has 2 aromatic heterocycles. The molecule has 37 heavy (non-hydrogen) atoms. The van der Waals surface area contributed by atoms with Gasteiger partial charge in [-0.2, -0.15) is 0 Å². The number of alkyl halides is 3. The SMILES string of the molecule is CN(C)CCOc1ccc2sn(CCCCCCn3sc4ccc(OC(F)(F)F)cc4c3=O)c(=O)c2c1. The van der Waals surface area contributed by atoms with E-state index in [0.717, 1.165) is 43.0 Å². The molecule has 12 heteroatoms. The normalized spacial score (nSPS) is 12.2. The molecule has 2 heterocycles. The number of fused-ring (bicyclic) bond motifs is 2. The van der Waals surface area contributed by atoms with E-state index in [1.165, 1.54) is 35.2 Å². The van der Waals surface area contributed by atoms with Gasteiger partial charge in [-0.15, -0.1) is 13.2 Å². The fraction of sp³-hybridized carbons (Fsp3) is 0.440. The van der Waals surface area contributed by atoms with Gasteiger partial charge in [-0.25, -0.2) is 0 Å². The van der Waals surface area contributed by atoms with Crippen LogP contribution in [0.15, 0.2) is 46.0 Å². The molecule has 4 aromatic rings. The Morgan fingerprint density at radius 3 is 1.84 bits per heavy atom. The monoisotopic (exact) mass is 555 g/mol. The second kappa shape index (κ2) is 11.7. The van der Waals surface area contributed by atoms with E-state index in [2.05, 4.69) is 4.74 Å². The van der Waals surface area contributed by atoms with E-state index in [-0.39, 0.29) is 16.5 Å². The molecular weight excluding hydrogens is 527 g/mol. The molecule has 0 bridgehead atoms. The van der Waals surface area contributed by atoms with Crippen LogP contribution in [-0.2, 0) is 13.1 Å². The van der Waals surface area contributed by atoms with Crippen LogP contribution < -0.4 is 20.6 Å². The van der Waals surface area contributed by atoms with E-state index in [0.29, 0.717) is 35.5 Å². The van der Waals surface area contributed by atoms with Crippen LogP contribution in [0.4, 0.5) is 13.2 Å². The first-order chi connectivity index (χ1) is 17.6. The van der Waals surface area contributed by atoms with Gasteiger partial charge >= 0.3 is 6.36 Å². The van der Waals surface area contributed by atoms with Crippen molar-refractivity contribution in [2.45, 2.75) is 45.1 Å². The van der Waals surface area contributed by atoms with Crippen LogP contribution in [0.3, 0.4) is 0 Å². The standard InChI is InChI=1S/C25H28F3N3O4S2/c1-29(2)13-14-34-17-7-9-21-19(15-17)23(32)30(36-21)11-5-3-4-6-12-31-24(33)20-16-18(35-25(26,27)28)8-10-22(20)37-31/h7-10,15-16H,3-6,11-14H2,1-2H3. The highest BCUT2D eigenvalue weighted by Gasteiger charge is 2.31. The molecule has 0 aliphatic carbocycles. The zero-order chi connectivity index (χ0) is 26.6. The van der Waals surface area contributed by atoms with Crippen LogP contribution in [0.1, 0.15) is 25.7 Å². The van der Waals surface area contributed by atoms with Gasteiger partial charge in [0.05, 0.1) is 20.2 Å². The molecule has 2 aromatic carbocycles. The molecule has 4 rings (SSSR count). The third-order valence-electron chi connectivity index (χ3n) is 5.75. The summed E-state index contributed by atoms with van der Waals surface area (Å²) in [5, 5.41) is 0.891. The number of halogens is 3. The maximum Gasteiger partial charge on any atom is 0.573 e. The maximum absolute atomic E-state index is 12.8. The topological polar surface area (TPSA) is 65.7 Å². The van der Waals surface area contributed by atoms with Crippen molar-refractivity contribution in [2.24, 2.45) is 0 Å². The smallest absolute Gasteiger partial charge is 0.492 e. The lowest BCUT2D eigenvalue weighted by molar-refractivity contribution is -0.274. The van der Waals surface area contributed by atoms with Gasteiger partial charge in [0, 0.05) is 19.6 Å². The number of aromatic nitrogens is 2. The Balaban J connectivity index is 1.26. The van der Waals surface area contributed by atoms with Gasteiger partial charge < -0.3 is 14.4 Å². The second-order valence-electron chi connectivity index (χ2n) is 8.93. The molecule has 0 atom stereocenters. The van der Waals surface area contributed by atoms with Crippen molar-refractivity contribution in [3.63, 3.8) is 0 Å². The highest BCUT2D eigenvalue weighted by Crippen LogP contribution is 2.27. The predicted molar refractivity (Wildman–Crippen MR) is 141 cm³/mol. The molecule has 200 valence electrons. The van der Waals surface area contributed by atoms with Gasteiger partial charge in [-0.1, -0.05) is 35.9 Å². The summed E-state index contributed by atoms with van der Waals surface area (Å²) in [4.78, 5) is 27.4. The minimum atomic E-state index is -4.80. The van der Waals surface area contributed by atoms with Crippen molar-refractivity contribution in [1.29, 1.82) is 0 Å². The average molecular weight is 556 g/mol. The number of benzene rings is 2. The number of likely N-dealkylation sites (N-methyl/N-ethyl adjacent to an activating group) is 1. The lowest BCUT2D eigenvalue weighted by Crippen LogP contribution is -2.19. The maximum atomic E-state index is 12.8. The molecule has 0 aliphatic heterocycles. The average Bonchev–Trinajstić information content (AvgIpc) is 3.31. The van der Waals surface area contributed by atoms with Crippen LogP contribution in [0.25, 0.3) is 20.2 Å². The van der Waals surface area contributed by atoms with E-state index in [1.807, 2.05) is 31.1 Å². The molecule has 0 N–H and O–H groups in total. The summed E-state index contributed by atoms with van der Waals surface area (Å²) >= 11 is 2.68. The first-order valence-electron chi connectivity index (χ1n) is 11.9. The Kier molecular flexibility index (Phi) is 8.60. The van der Waals surface area contributed by atoms with Gasteiger partial charge in [-0.05, 0) is 63.3 Å². The van der Waals surface area contributed by atoms with E-state index in [1.54, 1.807) is 14.0 Å².